The smallest absolute Gasteiger partial charge is 0.335 e. The molecule has 1 heterocycles. The summed E-state index contributed by atoms with van der Waals surface area (Å²) in [6.07, 6.45) is 1.86. The zero-order chi connectivity index (χ0) is 24.4. The highest BCUT2D eigenvalue weighted by Gasteiger charge is 2.39. The van der Waals surface area contributed by atoms with Crippen molar-refractivity contribution in [2.24, 2.45) is 0 Å². The number of hydrogen-bond donors (Lipinski definition) is 1. The number of carbonyl (C=O) groups excluding carboxylic acids is 2. The Hall–Kier alpha value is -4.19. The Balaban J connectivity index is 1.45. The van der Waals surface area contributed by atoms with Crippen LogP contribution in [0, 0.1) is 0 Å². The minimum absolute atomic E-state index is 0.0487. The highest BCUT2D eigenvalue weighted by Crippen LogP contribution is 2.43. The monoisotopic (exact) mass is 467 g/mol. The van der Waals surface area contributed by atoms with E-state index in [1.807, 2.05) is 54.6 Å². The average Bonchev–Trinajstić information content (AvgIpc) is 2.88. The molecule has 6 heteroatoms. The Labute approximate surface area is 203 Å². The first kappa shape index (κ1) is 22.6. The van der Waals surface area contributed by atoms with E-state index in [4.69, 9.17) is 4.74 Å². The Kier molecular flexibility index (Phi) is 6.19. The van der Waals surface area contributed by atoms with E-state index in [0.717, 1.165) is 16.9 Å². The molecular formula is C29H25NO5. The van der Waals surface area contributed by atoms with Gasteiger partial charge in [-0.05, 0) is 54.3 Å². The Morgan fingerprint density at radius 1 is 0.943 bits per heavy atom. The van der Waals surface area contributed by atoms with E-state index in [0.29, 0.717) is 42.8 Å². The van der Waals surface area contributed by atoms with Crippen LogP contribution in [-0.4, -0.2) is 22.8 Å². The second-order valence-electron chi connectivity index (χ2n) is 8.82. The molecule has 0 radical (unpaired) electrons. The Morgan fingerprint density at radius 2 is 1.71 bits per heavy atom. The van der Waals surface area contributed by atoms with E-state index in [-0.39, 0.29) is 29.6 Å². The summed E-state index contributed by atoms with van der Waals surface area (Å²) in [5, 5.41) is 9.38. The van der Waals surface area contributed by atoms with Crippen molar-refractivity contribution in [3.05, 3.63) is 107 Å². The molecule has 2 aliphatic rings. The van der Waals surface area contributed by atoms with Crippen molar-refractivity contribution in [2.45, 2.75) is 38.2 Å². The summed E-state index contributed by atoms with van der Waals surface area (Å²) in [4.78, 5) is 39.5. The number of aromatic carboxylic acids is 1. The minimum atomic E-state index is -1.06. The number of allylic oxidation sites excluding steroid dienone is 2. The number of carboxylic acid groups (broad SMARTS) is 1. The fraction of sp³-hybridized carbons (Fsp3) is 0.207. The van der Waals surface area contributed by atoms with E-state index < -0.39 is 5.97 Å². The van der Waals surface area contributed by atoms with Gasteiger partial charge in [-0.25, -0.2) is 4.79 Å². The Bertz CT molecular complexity index is 1310. The number of benzene rings is 3. The molecule has 3 aromatic rings. The second kappa shape index (κ2) is 9.58. The van der Waals surface area contributed by atoms with Gasteiger partial charge in [0, 0.05) is 35.7 Å². The average molecular weight is 468 g/mol. The maximum atomic E-state index is 13.4. The molecule has 1 aliphatic heterocycles. The molecule has 176 valence electrons. The van der Waals surface area contributed by atoms with Crippen molar-refractivity contribution >= 4 is 23.3 Å². The number of rotatable bonds is 6. The Morgan fingerprint density at radius 3 is 2.46 bits per heavy atom. The molecule has 0 fully saturated rings. The number of nitrogens with zero attached hydrogens (tertiary/aromatic N) is 1. The van der Waals surface area contributed by atoms with Crippen LogP contribution < -0.4 is 9.64 Å². The lowest BCUT2D eigenvalue weighted by atomic mass is 9.77. The van der Waals surface area contributed by atoms with E-state index in [9.17, 15) is 19.5 Å². The van der Waals surface area contributed by atoms with Crippen LogP contribution in [0.15, 0.2) is 90.1 Å². The van der Waals surface area contributed by atoms with Gasteiger partial charge in [0.25, 0.3) is 0 Å². The first-order chi connectivity index (χ1) is 17.0. The van der Waals surface area contributed by atoms with Gasteiger partial charge in [-0.3, -0.25) is 14.5 Å². The molecule has 35 heavy (non-hydrogen) atoms. The molecular weight excluding hydrogens is 442 g/mol. The molecule has 1 atom stereocenters. The van der Waals surface area contributed by atoms with Crippen molar-refractivity contribution < 1.29 is 24.2 Å². The molecule has 6 nitrogen and oxygen atoms in total. The first-order valence-electron chi connectivity index (χ1n) is 11.7. The number of hydrogen-bond acceptors (Lipinski definition) is 4. The van der Waals surface area contributed by atoms with E-state index in [2.05, 4.69) is 0 Å². The van der Waals surface area contributed by atoms with Gasteiger partial charge in [0.2, 0.25) is 5.91 Å². The van der Waals surface area contributed by atoms with Gasteiger partial charge >= 0.3 is 5.97 Å². The third-order valence-electron chi connectivity index (χ3n) is 6.56. The molecule has 1 N–H and O–H groups in total. The molecule has 0 spiro atoms. The van der Waals surface area contributed by atoms with Crippen LogP contribution in [0.4, 0.5) is 5.69 Å². The fourth-order valence-corrected chi connectivity index (χ4v) is 4.89. The van der Waals surface area contributed by atoms with Gasteiger partial charge in [-0.1, -0.05) is 48.5 Å². The topological polar surface area (TPSA) is 83.9 Å². The predicted octanol–water partition coefficient (Wildman–Crippen LogP) is 5.49. The van der Waals surface area contributed by atoms with Crippen LogP contribution in [0.3, 0.4) is 0 Å². The number of carboxylic acids is 1. The maximum absolute atomic E-state index is 13.4. The second-order valence-corrected chi connectivity index (χ2v) is 8.82. The van der Waals surface area contributed by atoms with Crippen LogP contribution in [0.2, 0.25) is 0 Å². The standard InChI is InChI=1S/C29H25NO5/c31-26-11-5-10-25-28(26)24(17-27(32)30(25)22-9-4-8-21(16-22)29(33)34)20-12-14-23(15-13-20)35-18-19-6-2-1-3-7-19/h1-4,6-9,12-16,24H,5,10-11,17-18H2,(H,33,34). The molecule has 0 bridgehead atoms. The summed E-state index contributed by atoms with van der Waals surface area (Å²) >= 11 is 0. The lowest BCUT2D eigenvalue weighted by molar-refractivity contribution is -0.119. The van der Waals surface area contributed by atoms with Gasteiger partial charge in [-0.2, -0.15) is 0 Å². The van der Waals surface area contributed by atoms with Gasteiger partial charge in [0.05, 0.1) is 5.56 Å². The molecule has 0 saturated carbocycles. The van der Waals surface area contributed by atoms with Crippen molar-refractivity contribution in [3.8, 4) is 5.75 Å². The normalized spacial score (nSPS) is 17.8. The zero-order valence-electron chi connectivity index (χ0n) is 19.1. The summed E-state index contributed by atoms with van der Waals surface area (Å²) in [7, 11) is 0. The zero-order valence-corrected chi connectivity index (χ0v) is 19.1. The molecule has 1 unspecified atom stereocenters. The summed E-state index contributed by atoms with van der Waals surface area (Å²) in [6, 6.07) is 23.8. The number of amides is 1. The number of Topliss-reactive ketones (excluding diaryl/α,β-unsaturated/α-hetero) is 1. The fourth-order valence-electron chi connectivity index (χ4n) is 4.89. The predicted molar refractivity (Wildman–Crippen MR) is 131 cm³/mol. The van der Waals surface area contributed by atoms with Gasteiger partial charge in [0.15, 0.2) is 5.78 Å². The van der Waals surface area contributed by atoms with Gasteiger partial charge in [0.1, 0.15) is 12.4 Å². The van der Waals surface area contributed by atoms with Gasteiger partial charge < -0.3 is 9.84 Å². The van der Waals surface area contributed by atoms with Gasteiger partial charge in [-0.15, -0.1) is 0 Å². The summed E-state index contributed by atoms with van der Waals surface area (Å²) in [5.74, 6) is -0.760. The molecule has 0 saturated heterocycles. The van der Waals surface area contributed by atoms with Crippen LogP contribution in [0.5, 0.6) is 5.75 Å². The summed E-state index contributed by atoms with van der Waals surface area (Å²) < 4.78 is 5.89. The number of carbonyl (C=O) groups is 3. The lowest BCUT2D eigenvalue weighted by Crippen LogP contribution is -2.40. The van der Waals surface area contributed by atoms with Crippen molar-refractivity contribution in [3.63, 3.8) is 0 Å². The number of ether oxygens (including phenoxy) is 1. The molecule has 3 aromatic carbocycles. The first-order valence-corrected chi connectivity index (χ1v) is 11.7. The van der Waals surface area contributed by atoms with E-state index in [1.54, 1.807) is 17.0 Å². The minimum Gasteiger partial charge on any atom is -0.489 e. The number of anilines is 1. The number of ketones is 1. The summed E-state index contributed by atoms with van der Waals surface area (Å²) in [6.45, 7) is 0.459. The maximum Gasteiger partial charge on any atom is 0.335 e. The van der Waals surface area contributed by atoms with Crippen molar-refractivity contribution in [1.82, 2.24) is 0 Å². The van der Waals surface area contributed by atoms with Crippen LogP contribution in [0.1, 0.15) is 53.1 Å². The van der Waals surface area contributed by atoms with Crippen molar-refractivity contribution in [2.75, 3.05) is 4.90 Å². The van der Waals surface area contributed by atoms with Crippen LogP contribution in [-0.2, 0) is 16.2 Å². The molecule has 0 aromatic heterocycles. The van der Waals surface area contributed by atoms with Crippen LogP contribution >= 0.6 is 0 Å². The van der Waals surface area contributed by atoms with E-state index >= 15 is 0 Å². The SMILES string of the molecule is O=C1CCCC2=C1C(c1ccc(OCc3ccccc3)cc1)CC(=O)N2c1cccc(C(=O)O)c1. The molecule has 5 rings (SSSR count). The highest BCUT2D eigenvalue weighted by atomic mass is 16.5. The third-order valence-corrected chi connectivity index (χ3v) is 6.56. The van der Waals surface area contributed by atoms with Crippen LogP contribution in [0.25, 0.3) is 0 Å². The van der Waals surface area contributed by atoms with E-state index in [1.165, 1.54) is 12.1 Å². The molecule has 1 amide bonds. The largest absolute Gasteiger partial charge is 0.489 e. The summed E-state index contributed by atoms with van der Waals surface area (Å²) in [5.41, 5.74) is 3.91. The third kappa shape index (κ3) is 4.60. The highest BCUT2D eigenvalue weighted by molar-refractivity contribution is 6.07. The van der Waals surface area contributed by atoms with Crippen molar-refractivity contribution in [1.29, 1.82) is 0 Å². The quantitative estimate of drug-likeness (QED) is 0.518. The molecule has 1 aliphatic carbocycles. The lowest BCUT2D eigenvalue weighted by Gasteiger charge is -2.38.